The number of carbonyl (C=O) groups is 3. The average molecular weight is 747 g/mol. The molecule has 3 amide bonds. The molecule has 2 unspecified atom stereocenters. The minimum absolute atomic E-state index is 0.0910. The van der Waals surface area contributed by atoms with Gasteiger partial charge in [0.15, 0.2) is 18.2 Å². The first kappa shape index (κ1) is 37.0. The van der Waals surface area contributed by atoms with Crippen LogP contribution in [0.2, 0.25) is 5.02 Å². The number of halogens is 2. The summed E-state index contributed by atoms with van der Waals surface area (Å²) in [6.07, 6.45) is 3.01. The number of alkyl halides is 1. The highest BCUT2D eigenvalue weighted by molar-refractivity contribution is 6.32. The Morgan fingerprint density at radius 2 is 1.89 bits per heavy atom. The molecule has 2 atom stereocenters. The fraction of sp³-hybridized carbons (Fsp3) is 0.361. The molecule has 2 fully saturated rings. The van der Waals surface area contributed by atoms with Crippen LogP contribution in [0, 0.1) is 0 Å². The van der Waals surface area contributed by atoms with E-state index in [9.17, 15) is 23.6 Å². The second-order valence-corrected chi connectivity index (χ2v) is 13.2. The van der Waals surface area contributed by atoms with Gasteiger partial charge in [0.05, 0.1) is 28.8 Å². The second-order valence-electron chi connectivity index (χ2n) is 12.8. The zero-order chi connectivity index (χ0) is 37.8. The number of amides is 3. The number of rotatable bonds is 8. The number of hydrogen-bond donors (Lipinski definition) is 4. The van der Waals surface area contributed by atoms with Crippen molar-refractivity contribution < 1.29 is 23.5 Å². The predicted octanol–water partition coefficient (Wildman–Crippen LogP) is 3.92. The van der Waals surface area contributed by atoms with Crippen molar-refractivity contribution in [3.63, 3.8) is 0 Å². The Balaban J connectivity index is 0.000000182. The van der Waals surface area contributed by atoms with Gasteiger partial charge in [-0.05, 0) is 61.7 Å². The van der Waals surface area contributed by atoms with E-state index in [4.69, 9.17) is 16.3 Å². The molecular formula is C36H40ClFN10O5. The van der Waals surface area contributed by atoms with Crippen molar-refractivity contribution in [3.8, 4) is 5.75 Å². The molecule has 0 spiro atoms. The number of anilines is 4. The van der Waals surface area contributed by atoms with Gasteiger partial charge in [0.1, 0.15) is 11.2 Å². The van der Waals surface area contributed by atoms with Crippen LogP contribution in [0.4, 0.5) is 27.5 Å². The van der Waals surface area contributed by atoms with E-state index >= 15 is 0 Å². The lowest BCUT2D eigenvalue weighted by Gasteiger charge is -2.31. The fourth-order valence-electron chi connectivity index (χ4n) is 6.40. The first-order chi connectivity index (χ1) is 25.4. The van der Waals surface area contributed by atoms with Crippen LogP contribution < -0.4 is 36.5 Å². The SMILES string of the molecule is CNC(=O)COc1cc2cc(Nc3nc(NC)ncc3Cl)ccc2n(C)c1=O.Cn1nc(C2CCC(=O)NC2=O)c2ccc(N3CCCC(F)C3)cc21. The van der Waals surface area contributed by atoms with Gasteiger partial charge in [0, 0.05) is 69.8 Å². The summed E-state index contributed by atoms with van der Waals surface area (Å²) in [7, 11) is 6.70. The summed E-state index contributed by atoms with van der Waals surface area (Å²) in [5, 5.41) is 17.4. The number of benzene rings is 2. The Kier molecular flexibility index (Phi) is 11.1. The largest absolute Gasteiger partial charge is 0.478 e. The van der Waals surface area contributed by atoms with Gasteiger partial charge in [-0.3, -0.25) is 29.2 Å². The lowest BCUT2D eigenvalue weighted by molar-refractivity contribution is -0.134. The molecule has 0 bridgehead atoms. The van der Waals surface area contributed by atoms with E-state index in [-0.39, 0.29) is 35.6 Å². The molecule has 15 nitrogen and oxygen atoms in total. The maximum Gasteiger partial charge on any atom is 0.293 e. The maximum absolute atomic E-state index is 13.7. The van der Waals surface area contributed by atoms with E-state index < -0.39 is 12.1 Å². The third-order valence-electron chi connectivity index (χ3n) is 9.22. The molecule has 2 aliphatic rings. The number of carbonyl (C=O) groups excluding carboxylic acids is 3. The van der Waals surface area contributed by atoms with Crippen LogP contribution in [0.5, 0.6) is 5.75 Å². The van der Waals surface area contributed by atoms with Crippen molar-refractivity contribution in [1.29, 1.82) is 0 Å². The monoisotopic (exact) mass is 746 g/mol. The molecule has 5 aromatic rings. The topological polar surface area (TPSA) is 177 Å². The number of aromatic nitrogens is 5. The molecule has 0 radical (unpaired) electrons. The summed E-state index contributed by atoms with van der Waals surface area (Å²) >= 11 is 6.16. The van der Waals surface area contributed by atoms with Crippen molar-refractivity contribution in [2.45, 2.75) is 37.8 Å². The Hall–Kier alpha value is -5.77. The highest BCUT2D eigenvalue weighted by Crippen LogP contribution is 2.33. The molecule has 4 N–H and O–H groups in total. The van der Waals surface area contributed by atoms with Crippen LogP contribution in [0.25, 0.3) is 21.8 Å². The summed E-state index contributed by atoms with van der Waals surface area (Å²) < 4.78 is 22.3. The van der Waals surface area contributed by atoms with Gasteiger partial charge in [0.2, 0.25) is 17.8 Å². The number of aryl methyl sites for hydroxylation is 2. The van der Waals surface area contributed by atoms with Gasteiger partial charge >= 0.3 is 0 Å². The third kappa shape index (κ3) is 8.17. The Labute approximate surface area is 308 Å². The summed E-state index contributed by atoms with van der Waals surface area (Å²) in [6.45, 7) is 1.03. The fourth-order valence-corrected chi connectivity index (χ4v) is 6.54. The molecule has 2 saturated heterocycles. The van der Waals surface area contributed by atoms with Crippen LogP contribution in [0.15, 0.2) is 53.5 Å². The number of pyridine rings is 1. The standard InChI is InChI=1S/C18H19ClN6O3.C18H21FN4O2/c1-20-15(26)9-28-14-7-10-6-11(4-5-13(10)25(3)17(14)27)23-16-12(19)8-22-18(21-2)24-16;1-22-15-9-12(23-8-2-3-11(19)10-23)4-5-13(15)17(21-22)14-6-7-16(24)20-18(14)25/h4-8H,9H2,1-3H3,(H,20,26)(H2,21,22,23,24);4-5,9,11,14H,2-3,6-8,10H2,1H3,(H,20,24,25). The summed E-state index contributed by atoms with van der Waals surface area (Å²) in [4.78, 5) is 57.8. The number of likely N-dealkylation sites (N-methyl/N-ethyl adjacent to an activating group) is 1. The predicted molar refractivity (Wildman–Crippen MR) is 201 cm³/mol. The van der Waals surface area contributed by atoms with Crippen molar-refractivity contribution in [1.82, 2.24) is 34.9 Å². The summed E-state index contributed by atoms with van der Waals surface area (Å²) in [6, 6.07) is 13.0. The second kappa shape index (κ2) is 15.9. The van der Waals surface area contributed by atoms with Crippen LogP contribution in [0.1, 0.15) is 37.3 Å². The van der Waals surface area contributed by atoms with Crippen molar-refractivity contribution in [3.05, 3.63) is 69.7 Å². The Morgan fingerprint density at radius 1 is 1.08 bits per heavy atom. The number of fused-ring (bicyclic) bond motifs is 2. The first-order valence-electron chi connectivity index (χ1n) is 17.1. The molecule has 53 heavy (non-hydrogen) atoms. The molecule has 7 rings (SSSR count). The van der Waals surface area contributed by atoms with Crippen LogP contribution in [-0.2, 0) is 28.5 Å². The van der Waals surface area contributed by atoms with E-state index in [0.29, 0.717) is 59.5 Å². The Morgan fingerprint density at radius 3 is 2.62 bits per heavy atom. The zero-order valence-corrected chi connectivity index (χ0v) is 30.5. The van der Waals surface area contributed by atoms with Gasteiger partial charge in [0.25, 0.3) is 11.5 Å². The van der Waals surface area contributed by atoms with E-state index in [1.165, 1.54) is 17.8 Å². The maximum atomic E-state index is 13.7. The number of ether oxygens (including phenoxy) is 1. The lowest BCUT2D eigenvalue weighted by Crippen LogP contribution is -2.39. The molecule has 5 heterocycles. The highest BCUT2D eigenvalue weighted by atomic mass is 35.5. The smallest absolute Gasteiger partial charge is 0.293 e. The van der Waals surface area contributed by atoms with E-state index in [0.717, 1.165) is 34.9 Å². The van der Waals surface area contributed by atoms with E-state index in [2.05, 4.69) is 41.2 Å². The number of nitrogens with zero attached hydrogens (tertiary/aromatic N) is 6. The number of piperidine rings is 2. The minimum Gasteiger partial charge on any atom is -0.478 e. The number of imide groups is 1. The minimum atomic E-state index is -0.782. The highest BCUT2D eigenvalue weighted by Gasteiger charge is 2.32. The van der Waals surface area contributed by atoms with E-state index in [1.54, 1.807) is 30.9 Å². The summed E-state index contributed by atoms with van der Waals surface area (Å²) in [5.74, 6) is -0.269. The first-order valence-corrected chi connectivity index (χ1v) is 17.5. The molecular weight excluding hydrogens is 707 g/mol. The van der Waals surface area contributed by atoms with Crippen LogP contribution >= 0.6 is 11.6 Å². The van der Waals surface area contributed by atoms with Gasteiger partial charge < -0.3 is 30.2 Å². The number of hydrogen-bond acceptors (Lipinski definition) is 11. The van der Waals surface area contributed by atoms with Gasteiger partial charge in [-0.1, -0.05) is 11.6 Å². The Bertz CT molecular complexity index is 2260. The molecule has 3 aromatic heterocycles. The quantitative estimate of drug-likeness (QED) is 0.169. The molecule has 2 aliphatic heterocycles. The zero-order valence-electron chi connectivity index (χ0n) is 29.7. The van der Waals surface area contributed by atoms with Crippen LogP contribution in [0.3, 0.4) is 0 Å². The van der Waals surface area contributed by atoms with Crippen molar-refractivity contribution in [2.75, 3.05) is 49.3 Å². The average Bonchev–Trinajstić information content (AvgIpc) is 3.48. The molecule has 17 heteroatoms. The van der Waals surface area contributed by atoms with Crippen LogP contribution in [-0.4, -0.2) is 82.0 Å². The molecule has 0 saturated carbocycles. The third-order valence-corrected chi connectivity index (χ3v) is 9.50. The number of nitrogens with one attached hydrogen (secondary N) is 4. The molecule has 0 aliphatic carbocycles. The molecule has 278 valence electrons. The van der Waals surface area contributed by atoms with Crippen molar-refractivity contribution in [2.24, 2.45) is 14.1 Å². The van der Waals surface area contributed by atoms with Crippen molar-refractivity contribution >= 4 is 74.3 Å². The lowest BCUT2D eigenvalue weighted by atomic mass is 9.92. The molecule has 2 aromatic carbocycles. The van der Waals surface area contributed by atoms with Gasteiger partial charge in [-0.25, -0.2) is 9.37 Å². The summed E-state index contributed by atoms with van der Waals surface area (Å²) in [5.41, 5.74) is 3.70. The van der Waals surface area contributed by atoms with Gasteiger partial charge in [-0.15, -0.1) is 0 Å². The van der Waals surface area contributed by atoms with E-state index in [1.807, 2.05) is 37.4 Å². The normalized spacial score (nSPS) is 17.2. The van der Waals surface area contributed by atoms with Gasteiger partial charge in [-0.2, -0.15) is 10.1 Å².